The third kappa shape index (κ3) is 5.85. The van der Waals surface area contributed by atoms with E-state index in [9.17, 15) is 18.3 Å². The molecule has 1 aromatic heterocycles. The van der Waals surface area contributed by atoms with E-state index in [4.69, 9.17) is 16.3 Å². The van der Waals surface area contributed by atoms with E-state index in [0.717, 1.165) is 48.4 Å². The Hall–Kier alpha value is -3.40. The first-order valence-corrected chi connectivity index (χ1v) is 18.6. The normalized spacial score (nSPS) is 32.5. The summed E-state index contributed by atoms with van der Waals surface area (Å²) in [7, 11) is -3.99. The molecule has 10 heteroatoms. The molecule has 1 amide bonds. The van der Waals surface area contributed by atoms with E-state index in [1.165, 1.54) is 11.1 Å². The Labute approximate surface area is 282 Å². The number of halogens is 1. The molecular formula is C37H42ClN3O5S. The quantitative estimate of drug-likeness (QED) is 0.297. The number of allylic oxidation sites excluding steroid dienone is 1. The zero-order valence-electron chi connectivity index (χ0n) is 26.9. The third-order valence-electron chi connectivity index (χ3n) is 11.3. The Morgan fingerprint density at radius 3 is 2.66 bits per heavy atom. The van der Waals surface area contributed by atoms with Crippen molar-refractivity contribution >= 4 is 33.2 Å². The number of aromatic nitrogens is 1. The highest BCUT2D eigenvalue weighted by Crippen LogP contribution is 2.50. The van der Waals surface area contributed by atoms with Crippen molar-refractivity contribution in [1.82, 2.24) is 9.71 Å². The summed E-state index contributed by atoms with van der Waals surface area (Å²) in [6, 6.07) is 15.1. The van der Waals surface area contributed by atoms with Gasteiger partial charge in [0.2, 0.25) is 10.0 Å². The summed E-state index contributed by atoms with van der Waals surface area (Å²) in [5, 5.41) is 12.4. The second kappa shape index (κ2) is 12.2. The number of nitrogens with one attached hydrogen (secondary N) is 1. The number of carbonyl (C=O) groups excluding carboxylic acids is 1. The molecule has 0 unspecified atom stereocenters. The standard InChI is InChI=1S/C37H42ClN3O5S/c1-24-5-3-16-37(43,29-13-17-39-18-14-29)32-10-7-28(32)21-41-22-36(15-4-6-26-19-30(38)9-11-31(26)36)23-46-34-12-8-27(20-33(34)41)35(42)40-47(44,45)25(24)2/h3,8-9,11-14,16-20,24-25,28,32,43H,4-7,10,15,21-23H2,1-2H3,(H,40,42)/b16-3+/t24-,25+,28-,32+,36-,37-/m0/s1. The van der Waals surface area contributed by atoms with Crippen LogP contribution >= 0.6 is 11.6 Å². The molecule has 3 heterocycles. The van der Waals surface area contributed by atoms with Crippen LogP contribution in [0, 0.1) is 17.8 Å². The summed E-state index contributed by atoms with van der Waals surface area (Å²) >= 11 is 6.44. The van der Waals surface area contributed by atoms with Crippen molar-refractivity contribution in [3.63, 3.8) is 0 Å². The number of aryl methyl sites for hydroxylation is 1. The zero-order chi connectivity index (χ0) is 33.0. The molecule has 7 rings (SSSR count). The van der Waals surface area contributed by atoms with Gasteiger partial charge >= 0.3 is 0 Å². The number of anilines is 1. The molecule has 2 N–H and O–H groups in total. The minimum atomic E-state index is -3.99. The molecular weight excluding hydrogens is 634 g/mol. The number of aliphatic hydroxyl groups is 1. The van der Waals surface area contributed by atoms with Crippen LogP contribution < -0.4 is 14.4 Å². The summed E-state index contributed by atoms with van der Waals surface area (Å²) in [5.41, 5.74) is 2.71. The highest BCUT2D eigenvalue weighted by atomic mass is 35.5. The second-order valence-corrected chi connectivity index (χ2v) is 16.6. The molecule has 2 aliphatic heterocycles. The number of hydrogen-bond donors (Lipinski definition) is 2. The van der Waals surface area contributed by atoms with Crippen molar-refractivity contribution in [1.29, 1.82) is 0 Å². The van der Waals surface area contributed by atoms with E-state index in [1.54, 1.807) is 37.5 Å². The lowest BCUT2D eigenvalue weighted by atomic mass is 9.62. The largest absolute Gasteiger partial charge is 0.490 e. The topological polar surface area (TPSA) is 109 Å². The van der Waals surface area contributed by atoms with Crippen LogP contribution in [-0.4, -0.2) is 49.4 Å². The minimum absolute atomic E-state index is 0.0713. The number of sulfonamides is 1. The van der Waals surface area contributed by atoms with Crippen LogP contribution in [0.3, 0.4) is 0 Å². The van der Waals surface area contributed by atoms with Crippen LogP contribution in [0.15, 0.2) is 73.1 Å². The van der Waals surface area contributed by atoms with Gasteiger partial charge in [-0.25, -0.2) is 13.1 Å². The van der Waals surface area contributed by atoms with E-state index in [0.29, 0.717) is 31.9 Å². The summed E-state index contributed by atoms with van der Waals surface area (Å²) in [6.45, 7) is 5.24. The number of ether oxygens (including phenoxy) is 1. The van der Waals surface area contributed by atoms with E-state index >= 15 is 0 Å². The molecule has 1 fully saturated rings. The molecule has 6 atom stereocenters. The average Bonchev–Trinajstić information content (AvgIpc) is 3.19. The number of nitrogens with zero attached hydrogens (tertiary/aromatic N) is 2. The van der Waals surface area contributed by atoms with Gasteiger partial charge in [-0.1, -0.05) is 36.7 Å². The van der Waals surface area contributed by atoms with Crippen molar-refractivity contribution in [2.45, 2.75) is 68.6 Å². The van der Waals surface area contributed by atoms with Crippen LogP contribution in [0.25, 0.3) is 0 Å². The molecule has 8 nitrogen and oxygen atoms in total. The fourth-order valence-electron chi connectivity index (χ4n) is 8.20. The Morgan fingerprint density at radius 1 is 1.09 bits per heavy atom. The monoisotopic (exact) mass is 675 g/mol. The summed E-state index contributed by atoms with van der Waals surface area (Å²) in [6.07, 6.45) is 12.3. The Kier molecular flexibility index (Phi) is 8.38. The zero-order valence-corrected chi connectivity index (χ0v) is 28.4. The predicted octanol–water partition coefficient (Wildman–Crippen LogP) is 6.17. The molecule has 248 valence electrons. The van der Waals surface area contributed by atoms with Crippen LogP contribution in [-0.2, 0) is 27.5 Å². The van der Waals surface area contributed by atoms with Crippen molar-refractivity contribution in [3.05, 3.63) is 100 Å². The lowest BCUT2D eigenvalue weighted by molar-refractivity contribution is -0.0500. The highest BCUT2D eigenvalue weighted by Gasteiger charge is 2.49. The minimum Gasteiger partial charge on any atom is -0.490 e. The lowest BCUT2D eigenvalue weighted by Gasteiger charge is -2.49. The first kappa shape index (κ1) is 32.2. The first-order chi connectivity index (χ1) is 22.5. The Bertz CT molecular complexity index is 1820. The lowest BCUT2D eigenvalue weighted by Crippen LogP contribution is -2.51. The summed E-state index contributed by atoms with van der Waals surface area (Å²) in [4.78, 5) is 20.0. The fraction of sp³-hybridized carbons (Fsp3) is 0.459. The second-order valence-electron chi connectivity index (χ2n) is 14.1. The summed E-state index contributed by atoms with van der Waals surface area (Å²) in [5.74, 6) is -0.219. The van der Waals surface area contributed by atoms with Gasteiger partial charge < -0.3 is 14.7 Å². The third-order valence-corrected chi connectivity index (χ3v) is 13.4. The van der Waals surface area contributed by atoms with Crippen molar-refractivity contribution in [3.8, 4) is 5.75 Å². The van der Waals surface area contributed by atoms with Gasteiger partial charge in [0.15, 0.2) is 0 Å². The molecule has 2 aliphatic carbocycles. The highest BCUT2D eigenvalue weighted by molar-refractivity contribution is 7.90. The maximum absolute atomic E-state index is 13.5. The van der Waals surface area contributed by atoms with Crippen LogP contribution in [0.5, 0.6) is 5.75 Å². The maximum Gasteiger partial charge on any atom is 0.264 e. The molecule has 0 saturated heterocycles. The Morgan fingerprint density at radius 2 is 1.89 bits per heavy atom. The van der Waals surface area contributed by atoms with E-state index in [2.05, 4.69) is 26.7 Å². The number of fused-ring (bicyclic) bond motifs is 4. The van der Waals surface area contributed by atoms with Crippen LogP contribution in [0.4, 0.5) is 5.69 Å². The number of rotatable bonds is 1. The van der Waals surface area contributed by atoms with Gasteiger partial charge in [-0.3, -0.25) is 9.78 Å². The smallest absolute Gasteiger partial charge is 0.264 e. The average molecular weight is 676 g/mol. The molecule has 4 aliphatic rings. The van der Waals surface area contributed by atoms with E-state index < -0.39 is 26.8 Å². The molecule has 2 bridgehead atoms. The number of amides is 1. The van der Waals surface area contributed by atoms with Crippen molar-refractivity contribution in [2.75, 3.05) is 24.6 Å². The summed E-state index contributed by atoms with van der Waals surface area (Å²) < 4.78 is 35.7. The van der Waals surface area contributed by atoms with Crippen molar-refractivity contribution < 1.29 is 23.1 Å². The molecule has 2 aromatic carbocycles. The molecule has 0 radical (unpaired) electrons. The number of carbonyl (C=O) groups is 1. The first-order valence-electron chi connectivity index (χ1n) is 16.7. The van der Waals surface area contributed by atoms with Gasteiger partial charge in [-0.15, -0.1) is 0 Å². The number of benzene rings is 2. The van der Waals surface area contributed by atoms with Gasteiger partial charge in [0, 0.05) is 47.4 Å². The van der Waals surface area contributed by atoms with Gasteiger partial charge in [-0.2, -0.15) is 0 Å². The predicted molar refractivity (Wildman–Crippen MR) is 183 cm³/mol. The van der Waals surface area contributed by atoms with Crippen molar-refractivity contribution in [2.24, 2.45) is 17.8 Å². The molecule has 47 heavy (non-hydrogen) atoms. The fourth-order valence-corrected chi connectivity index (χ4v) is 9.68. The maximum atomic E-state index is 13.5. The van der Waals surface area contributed by atoms with Crippen LogP contribution in [0.2, 0.25) is 5.02 Å². The Balaban J connectivity index is 1.35. The van der Waals surface area contributed by atoms with Gasteiger partial charge in [-0.05, 0) is 116 Å². The SMILES string of the molecule is C[C@@H]1[C@@H](C)C/C=C/[C@](O)(c2ccncc2)[C@@H]2CC[C@H]2CN2C[C@@]3(CCCc4cc(Cl)ccc43)COc3ccc(cc32)C(=O)NS1(=O)=O. The van der Waals surface area contributed by atoms with Gasteiger partial charge in [0.05, 0.1) is 17.5 Å². The van der Waals surface area contributed by atoms with Gasteiger partial charge in [0.25, 0.3) is 5.91 Å². The molecule has 3 aromatic rings. The molecule has 1 spiro atoms. The number of hydrogen-bond acceptors (Lipinski definition) is 7. The van der Waals surface area contributed by atoms with E-state index in [-0.39, 0.29) is 28.7 Å². The van der Waals surface area contributed by atoms with Gasteiger partial charge in [0.1, 0.15) is 11.4 Å². The number of pyridine rings is 1. The molecule has 1 saturated carbocycles. The van der Waals surface area contributed by atoms with E-state index in [1.807, 2.05) is 37.3 Å². The van der Waals surface area contributed by atoms with Crippen LogP contribution in [0.1, 0.15) is 73.0 Å².